The zero-order valence-electron chi connectivity index (χ0n) is 84.2. The smallest absolute Gasteiger partial charge is 0.104 e. The maximum atomic E-state index is 11.1. The fourth-order valence-corrected chi connectivity index (χ4v) is 13.7. The van der Waals surface area contributed by atoms with Crippen LogP contribution in [-0.2, 0) is 99.5 Å². The van der Waals surface area contributed by atoms with Crippen molar-refractivity contribution < 1.29 is 161 Å². The van der Waals surface area contributed by atoms with Crippen LogP contribution in [-0.4, -0.2) is 410 Å². The van der Waals surface area contributed by atoms with Gasteiger partial charge in [-0.15, -0.1) is 0 Å². The van der Waals surface area contributed by atoms with Gasteiger partial charge in [0.1, 0.15) is 67.1 Å². The summed E-state index contributed by atoms with van der Waals surface area (Å²) in [6, 6.07) is 0. The molecule has 0 bridgehead atoms. The molecule has 0 fully saturated rings. The van der Waals surface area contributed by atoms with Gasteiger partial charge in [-0.2, -0.15) is 0 Å². The molecule has 0 saturated carbocycles. The van der Waals surface area contributed by atoms with Crippen LogP contribution >= 0.6 is 0 Å². The Kier molecular flexibility index (Phi) is 96.2. The number of hydrogen-bond acceptors (Lipinski definition) is 33. The molecule has 0 aromatic carbocycles. The highest BCUT2D eigenvalue weighted by atomic mass is 16.6. The molecular formula is C99H200O33. The Morgan fingerprint density at radius 3 is 0.811 bits per heavy atom. The fourth-order valence-electron chi connectivity index (χ4n) is 13.7. The van der Waals surface area contributed by atoms with Crippen molar-refractivity contribution in [3.8, 4) is 0 Å². The Morgan fingerprint density at radius 1 is 0.182 bits per heavy atom. The number of aliphatic hydroxyl groups is 12. The SMILES string of the molecule is CCCCCCCCCCOCCC(COCC(C)(COCC(CO)OCC(COCC(COCC(O)COCC(C)O)OCC(CO)OCCCCCCCCCC)OCC(CCOC[C@@H](C)O)OCCCCCCCCCC)COCC(COCC(O)CO)OCC(COCC(CO)OCCCCCCCCCC)OCC(O)COCC(O)COC[C@H](C)O)OCCC(C)O. The van der Waals surface area contributed by atoms with Crippen LogP contribution in [0.25, 0.3) is 0 Å². The molecule has 132 heavy (non-hydrogen) atoms. The Morgan fingerprint density at radius 2 is 0.424 bits per heavy atom. The van der Waals surface area contributed by atoms with E-state index in [0.717, 1.165) is 70.6 Å². The molecule has 33 nitrogen and oxygen atoms in total. The zero-order chi connectivity index (χ0) is 97.1. The molecule has 12 N–H and O–H groups in total. The van der Waals surface area contributed by atoms with E-state index in [2.05, 4.69) is 27.7 Å². The summed E-state index contributed by atoms with van der Waals surface area (Å²) in [5.74, 6) is 0. The first-order chi connectivity index (χ1) is 64.1. The first-order valence-electron chi connectivity index (χ1n) is 51.4. The molecule has 0 aliphatic rings. The van der Waals surface area contributed by atoms with Crippen molar-refractivity contribution >= 4 is 0 Å². The third-order valence-corrected chi connectivity index (χ3v) is 21.7. The van der Waals surface area contributed by atoms with Gasteiger partial charge in [-0.25, -0.2) is 0 Å². The van der Waals surface area contributed by atoms with Crippen molar-refractivity contribution in [3.05, 3.63) is 0 Å². The predicted octanol–water partition coefficient (Wildman–Crippen LogP) is 10.3. The summed E-state index contributed by atoms with van der Waals surface area (Å²) in [7, 11) is 0. The summed E-state index contributed by atoms with van der Waals surface area (Å²) in [6.45, 7) is 17.7. The number of unbranched alkanes of at least 4 members (excludes halogenated alkanes) is 28. The van der Waals surface area contributed by atoms with Crippen LogP contribution in [0.2, 0.25) is 0 Å². The molecular weight excluding hydrogens is 1720 g/mol. The number of ether oxygens (including phenoxy) is 21. The Hall–Kier alpha value is -1.32. The molecule has 0 aliphatic heterocycles. The van der Waals surface area contributed by atoms with E-state index in [4.69, 9.17) is 99.5 Å². The van der Waals surface area contributed by atoms with Crippen molar-refractivity contribution in [1.82, 2.24) is 0 Å². The Balaban J connectivity index is 7.45. The largest absolute Gasteiger partial charge is 0.394 e. The lowest BCUT2D eigenvalue weighted by molar-refractivity contribution is -0.147. The highest BCUT2D eigenvalue weighted by molar-refractivity contribution is 4.77. The molecule has 0 saturated heterocycles. The maximum Gasteiger partial charge on any atom is 0.104 e. The number of aliphatic hydroxyl groups excluding tert-OH is 12. The summed E-state index contributed by atoms with van der Waals surface area (Å²) in [4.78, 5) is 0. The average Bonchev–Trinajstić information content (AvgIpc) is 0.883. The summed E-state index contributed by atoms with van der Waals surface area (Å²) in [5, 5.41) is 124. The standard InChI is InChI=1S/C99H200O33/c1-10-14-18-22-26-30-34-38-45-112-49-43-90(127-51-42-82(5)104)66-121-79-99(9,81-123-74-96(70-117-59-86(108)52-100)132-78-97(128-65-89(111)64-116-62-87(109)60-114-57-84(7)106)72-119-67-92(53-101)125-47-40-36-32-28-24-20-16-12-3)80-122-68-93(54-102)129-77-98(130-75-91(44-50-113-56-83(6)105)124-46-39-35-31-27-23-19-15-11-2)73-120-71-95(69-118-63-88(110)61-115-58-85(8)107)131-76-94(55-103)126-48-41-37-33-29-25-21-17-13-4/h82-98,100-111H,10-81H2,1-9H3/t82?,83-,84+,85?,86?,87?,88?,89?,90?,91?,92?,93?,94?,95?,96?,97?,98?,99?/m1/s1. The second-order valence-electron chi connectivity index (χ2n) is 36.6. The van der Waals surface area contributed by atoms with Gasteiger partial charge in [0.05, 0.1) is 235 Å². The normalized spacial score (nSPS) is 16.6. The van der Waals surface area contributed by atoms with Crippen LogP contribution in [0.3, 0.4) is 0 Å². The monoisotopic (exact) mass is 1920 g/mol. The second-order valence-corrected chi connectivity index (χ2v) is 36.6. The molecule has 0 aliphatic carbocycles. The lowest BCUT2D eigenvalue weighted by atomic mass is 9.94. The molecule has 33 heteroatoms. The molecule has 18 atom stereocenters. The molecule has 0 rings (SSSR count). The summed E-state index contributed by atoms with van der Waals surface area (Å²) in [6.07, 6.45) is 24.8. The lowest BCUT2D eigenvalue weighted by Gasteiger charge is -2.31. The van der Waals surface area contributed by atoms with Gasteiger partial charge in [0.2, 0.25) is 0 Å². The number of hydrogen-bond donors (Lipinski definition) is 12. The van der Waals surface area contributed by atoms with Crippen molar-refractivity contribution in [2.45, 2.75) is 391 Å². The highest BCUT2D eigenvalue weighted by Gasteiger charge is 2.31. The minimum atomic E-state index is -1.19. The summed E-state index contributed by atoms with van der Waals surface area (Å²) >= 11 is 0. The van der Waals surface area contributed by atoms with Crippen LogP contribution in [0.4, 0.5) is 0 Å². The van der Waals surface area contributed by atoms with Crippen LogP contribution in [0.15, 0.2) is 0 Å². The minimum absolute atomic E-state index is 0.00542. The molecule has 0 radical (unpaired) electrons. The zero-order valence-corrected chi connectivity index (χ0v) is 84.2. The topological polar surface area (TPSA) is 437 Å². The van der Waals surface area contributed by atoms with Crippen molar-refractivity contribution in [2.24, 2.45) is 5.41 Å². The van der Waals surface area contributed by atoms with Gasteiger partial charge in [0.25, 0.3) is 0 Å². The van der Waals surface area contributed by atoms with Crippen molar-refractivity contribution in [2.75, 3.05) is 244 Å². The second kappa shape index (κ2) is 97.1. The Labute approximate surface area is 797 Å². The summed E-state index contributed by atoms with van der Waals surface area (Å²) < 4.78 is 130. The minimum Gasteiger partial charge on any atom is -0.394 e. The molecule has 0 spiro atoms. The van der Waals surface area contributed by atoms with E-state index >= 15 is 0 Å². The highest BCUT2D eigenvalue weighted by Crippen LogP contribution is 2.23. The van der Waals surface area contributed by atoms with Gasteiger partial charge >= 0.3 is 0 Å². The van der Waals surface area contributed by atoms with Gasteiger partial charge in [-0.1, -0.05) is 214 Å². The first kappa shape index (κ1) is 131. The quantitative estimate of drug-likeness (QED) is 0.0252. The van der Waals surface area contributed by atoms with Gasteiger partial charge in [0, 0.05) is 51.7 Å². The maximum absolute atomic E-state index is 11.1. The fraction of sp³-hybridized carbons (Fsp3) is 1.00. The van der Waals surface area contributed by atoms with Crippen LogP contribution < -0.4 is 0 Å². The first-order valence-corrected chi connectivity index (χ1v) is 51.4. The third kappa shape index (κ3) is 88.8. The number of rotatable bonds is 110. The lowest BCUT2D eigenvalue weighted by Crippen LogP contribution is -2.40. The van der Waals surface area contributed by atoms with E-state index < -0.39 is 122 Å². The molecule has 16 unspecified atom stereocenters. The Bertz CT molecular complexity index is 2270. The summed E-state index contributed by atoms with van der Waals surface area (Å²) in [5.41, 5.74) is -0.931. The van der Waals surface area contributed by atoms with Crippen LogP contribution in [0, 0.1) is 5.41 Å². The average molecular weight is 1920 g/mol. The van der Waals surface area contributed by atoms with E-state index in [9.17, 15) is 61.3 Å². The molecule has 0 amide bonds. The van der Waals surface area contributed by atoms with E-state index in [1.807, 2.05) is 6.92 Å². The van der Waals surface area contributed by atoms with Crippen LogP contribution in [0.5, 0.6) is 0 Å². The van der Waals surface area contributed by atoms with Gasteiger partial charge in [-0.3, -0.25) is 0 Å². The van der Waals surface area contributed by atoms with Gasteiger partial charge < -0.3 is 161 Å². The van der Waals surface area contributed by atoms with E-state index in [1.165, 1.54) is 135 Å². The van der Waals surface area contributed by atoms with Gasteiger partial charge in [-0.05, 0) is 72.6 Å². The van der Waals surface area contributed by atoms with Gasteiger partial charge in [0.15, 0.2) is 0 Å². The van der Waals surface area contributed by atoms with Crippen molar-refractivity contribution in [3.63, 3.8) is 0 Å². The van der Waals surface area contributed by atoms with E-state index in [0.29, 0.717) is 65.5 Å². The molecule has 0 aromatic heterocycles. The molecule has 0 aromatic rings. The van der Waals surface area contributed by atoms with E-state index in [1.54, 1.807) is 27.7 Å². The molecule has 794 valence electrons. The van der Waals surface area contributed by atoms with Crippen LogP contribution in [0.1, 0.15) is 287 Å². The third-order valence-electron chi connectivity index (χ3n) is 21.7. The molecule has 0 heterocycles. The van der Waals surface area contributed by atoms with E-state index in [-0.39, 0.29) is 185 Å². The predicted molar refractivity (Wildman–Crippen MR) is 509 cm³/mol. The van der Waals surface area contributed by atoms with Crippen molar-refractivity contribution in [1.29, 1.82) is 0 Å².